The quantitative estimate of drug-likeness (QED) is 0.522. The lowest BCUT2D eigenvalue weighted by molar-refractivity contribution is -0.155. The van der Waals surface area contributed by atoms with Gasteiger partial charge in [-0.2, -0.15) is 0 Å². The van der Waals surface area contributed by atoms with Crippen LogP contribution >= 0.6 is 0 Å². The maximum atomic E-state index is 13.7. The molecule has 5 rings (SSSR count). The van der Waals surface area contributed by atoms with Gasteiger partial charge in [0, 0.05) is 0 Å². The zero-order valence-corrected chi connectivity index (χ0v) is 19.2. The summed E-state index contributed by atoms with van der Waals surface area (Å²) >= 11 is 0. The van der Waals surface area contributed by atoms with E-state index >= 15 is 0 Å². The molecule has 3 fully saturated rings. The van der Waals surface area contributed by atoms with Crippen LogP contribution in [0, 0.1) is 11.8 Å². The molecule has 2 bridgehead atoms. The molecule has 2 unspecified atom stereocenters. The van der Waals surface area contributed by atoms with Gasteiger partial charge in [-0.3, -0.25) is 14.4 Å². The number of rotatable bonds is 8. The van der Waals surface area contributed by atoms with Gasteiger partial charge in [0.25, 0.3) is 0 Å². The predicted octanol–water partition coefficient (Wildman–Crippen LogP) is 0.214. The molecule has 6 atom stereocenters. The number of hydrogen-bond acceptors (Lipinski definition) is 8. The van der Waals surface area contributed by atoms with E-state index in [9.17, 15) is 19.5 Å². The topological polar surface area (TPSA) is 136 Å². The average molecular weight is 472 g/mol. The molecule has 11 nitrogen and oxygen atoms in total. The lowest BCUT2D eigenvalue weighted by atomic mass is 9.71. The Hall–Kier alpha value is -3.05. The number of carbonyl (C=O) groups excluding carboxylic acids is 3. The molecule has 0 radical (unpaired) electrons. The van der Waals surface area contributed by atoms with Crippen molar-refractivity contribution in [3.05, 3.63) is 24.3 Å². The molecular weight excluding hydrogens is 442 g/mol. The van der Waals surface area contributed by atoms with Gasteiger partial charge in [0.1, 0.15) is 23.8 Å². The van der Waals surface area contributed by atoms with Gasteiger partial charge in [-0.05, 0) is 38.3 Å². The average Bonchev–Trinajstić information content (AvgIpc) is 3.58. The van der Waals surface area contributed by atoms with Crippen LogP contribution in [0.15, 0.2) is 24.3 Å². The highest BCUT2D eigenvalue weighted by Gasteiger charge is 2.75. The van der Waals surface area contributed by atoms with Crippen LogP contribution in [0.3, 0.4) is 0 Å². The molecule has 3 aliphatic heterocycles. The van der Waals surface area contributed by atoms with Crippen molar-refractivity contribution < 1.29 is 29.0 Å². The number of benzene rings is 1. The van der Waals surface area contributed by atoms with E-state index < -0.39 is 47.5 Å². The number of ether oxygens (including phenoxy) is 2. The normalized spacial score (nSPS) is 30.6. The first kappa shape index (κ1) is 22.7. The largest absolute Gasteiger partial charge is 0.466 e. The Bertz CT molecular complexity index is 1120. The van der Waals surface area contributed by atoms with Crippen molar-refractivity contribution in [2.75, 3.05) is 13.2 Å². The van der Waals surface area contributed by atoms with Crippen molar-refractivity contribution in [3.8, 4) is 0 Å². The highest BCUT2D eigenvalue weighted by molar-refractivity contribution is 5.98. The Morgan fingerprint density at radius 2 is 2.15 bits per heavy atom. The third-order valence-corrected chi connectivity index (χ3v) is 7.44. The second kappa shape index (κ2) is 8.62. The van der Waals surface area contributed by atoms with Gasteiger partial charge in [0.05, 0.1) is 42.7 Å². The second-order valence-electron chi connectivity index (χ2n) is 9.07. The minimum absolute atomic E-state index is 0.0548. The van der Waals surface area contributed by atoms with Gasteiger partial charge in [-0.1, -0.05) is 24.3 Å². The summed E-state index contributed by atoms with van der Waals surface area (Å²) in [6.45, 7) is 3.52. The Morgan fingerprint density at radius 3 is 2.88 bits per heavy atom. The Balaban J connectivity index is 1.46. The monoisotopic (exact) mass is 471 g/mol. The van der Waals surface area contributed by atoms with Gasteiger partial charge in [-0.15, -0.1) is 5.10 Å². The van der Waals surface area contributed by atoms with E-state index in [-0.39, 0.29) is 25.8 Å². The Kier molecular flexibility index (Phi) is 5.76. The van der Waals surface area contributed by atoms with Crippen LogP contribution in [0.4, 0.5) is 0 Å². The Labute approximate surface area is 196 Å². The lowest BCUT2D eigenvalue weighted by Gasteiger charge is -2.36. The first-order valence-corrected chi connectivity index (χ1v) is 11.8. The van der Waals surface area contributed by atoms with E-state index in [1.165, 1.54) is 4.90 Å². The molecule has 4 heterocycles. The first-order valence-electron chi connectivity index (χ1n) is 11.8. The molecule has 1 aromatic carbocycles. The number of aliphatic hydroxyl groups is 1. The summed E-state index contributed by atoms with van der Waals surface area (Å²) in [6, 6.07) is 5.86. The van der Waals surface area contributed by atoms with E-state index in [1.54, 1.807) is 11.6 Å². The summed E-state index contributed by atoms with van der Waals surface area (Å²) in [5, 5.41) is 21.1. The van der Waals surface area contributed by atoms with Crippen LogP contribution in [0.1, 0.15) is 33.1 Å². The van der Waals surface area contributed by atoms with Gasteiger partial charge < -0.3 is 24.8 Å². The molecule has 2 aromatic rings. The number of esters is 1. The maximum Gasteiger partial charge on any atom is 0.312 e. The van der Waals surface area contributed by atoms with Crippen molar-refractivity contribution in [1.29, 1.82) is 0 Å². The van der Waals surface area contributed by atoms with Gasteiger partial charge in [-0.25, -0.2) is 4.68 Å². The number of aliphatic hydroxyl groups excluding tert-OH is 1. The fourth-order valence-electron chi connectivity index (χ4n) is 5.99. The summed E-state index contributed by atoms with van der Waals surface area (Å²) in [5.74, 6) is -2.79. The predicted molar refractivity (Wildman–Crippen MR) is 118 cm³/mol. The molecule has 3 aliphatic rings. The SMILES string of the molecule is CCOC(=O)[C@@H]1[C@H]2C(=O)N([C@@H](CC)CO)C(C(=O)NCn3nnc4ccccc43)C23CC[C@H]1O3. The zero-order valence-electron chi connectivity index (χ0n) is 19.2. The van der Waals surface area contributed by atoms with Crippen LogP contribution < -0.4 is 5.32 Å². The molecule has 0 aliphatic carbocycles. The lowest BCUT2D eigenvalue weighted by Crippen LogP contribution is -2.58. The number of aromatic nitrogens is 3. The highest BCUT2D eigenvalue weighted by atomic mass is 16.6. The van der Waals surface area contributed by atoms with Crippen LogP contribution in [-0.2, 0) is 30.5 Å². The first-order chi connectivity index (χ1) is 16.5. The number of likely N-dealkylation sites (tertiary alicyclic amines) is 1. The molecule has 2 N–H and O–H groups in total. The number of nitrogens with one attached hydrogen (secondary N) is 1. The van der Waals surface area contributed by atoms with Crippen molar-refractivity contribution in [1.82, 2.24) is 25.2 Å². The van der Waals surface area contributed by atoms with Crippen molar-refractivity contribution in [2.45, 2.75) is 63.6 Å². The van der Waals surface area contributed by atoms with Gasteiger partial charge in [0.2, 0.25) is 11.8 Å². The number of para-hydroxylation sites is 1. The third-order valence-electron chi connectivity index (χ3n) is 7.44. The van der Waals surface area contributed by atoms with E-state index in [1.807, 2.05) is 31.2 Å². The molecule has 34 heavy (non-hydrogen) atoms. The maximum absolute atomic E-state index is 13.7. The number of nitrogens with zero attached hydrogens (tertiary/aromatic N) is 4. The van der Waals surface area contributed by atoms with Crippen molar-refractivity contribution >= 4 is 28.8 Å². The van der Waals surface area contributed by atoms with Crippen molar-refractivity contribution in [2.24, 2.45) is 11.8 Å². The summed E-state index contributed by atoms with van der Waals surface area (Å²) in [6.07, 6.45) is 1.04. The van der Waals surface area contributed by atoms with E-state index in [2.05, 4.69) is 15.6 Å². The van der Waals surface area contributed by atoms with Crippen LogP contribution in [0.5, 0.6) is 0 Å². The minimum atomic E-state index is -1.13. The van der Waals surface area contributed by atoms with Crippen LogP contribution in [-0.4, -0.2) is 79.8 Å². The fraction of sp³-hybridized carbons (Fsp3) is 0.609. The summed E-state index contributed by atoms with van der Waals surface area (Å²) < 4.78 is 13.1. The molecule has 1 spiro atoms. The molecule has 3 saturated heterocycles. The fourth-order valence-corrected chi connectivity index (χ4v) is 5.99. The molecule has 11 heteroatoms. The molecule has 1 aromatic heterocycles. The number of hydrogen-bond donors (Lipinski definition) is 2. The zero-order chi connectivity index (χ0) is 24.0. The van der Waals surface area contributed by atoms with E-state index in [0.29, 0.717) is 24.8 Å². The Morgan fingerprint density at radius 1 is 1.35 bits per heavy atom. The molecule has 0 saturated carbocycles. The van der Waals surface area contributed by atoms with Crippen LogP contribution in [0.25, 0.3) is 11.0 Å². The summed E-state index contributed by atoms with van der Waals surface area (Å²) in [4.78, 5) is 41.6. The van der Waals surface area contributed by atoms with Crippen LogP contribution in [0.2, 0.25) is 0 Å². The smallest absolute Gasteiger partial charge is 0.312 e. The van der Waals surface area contributed by atoms with Gasteiger partial charge in [0.15, 0.2) is 0 Å². The minimum Gasteiger partial charge on any atom is -0.466 e. The van der Waals surface area contributed by atoms with Crippen molar-refractivity contribution in [3.63, 3.8) is 0 Å². The molecule has 2 amide bonds. The molecule has 182 valence electrons. The highest BCUT2D eigenvalue weighted by Crippen LogP contribution is 2.59. The number of carbonyl (C=O) groups is 3. The van der Waals surface area contributed by atoms with Gasteiger partial charge >= 0.3 is 5.97 Å². The summed E-state index contributed by atoms with van der Waals surface area (Å²) in [7, 11) is 0. The summed E-state index contributed by atoms with van der Waals surface area (Å²) in [5.41, 5.74) is 0.339. The number of fused-ring (bicyclic) bond motifs is 2. The third kappa shape index (κ3) is 3.21. The standard InChI is InChI=1S/C23H29N5O6/c1-3-13(11-29)28-19(20(30)24-12-27-15-8-6-5-7-14(15)25-26-27)23-10-9-16(34-23)17(18(23)21(28)31)22(32)33-4-2/h5-8,13,16-19,29H,3-4,9-12H2,1-2H3,(H,24,30)/t13-,16+,17-,18-,19?,23?/m0/s1. The molecular formula is C23H29N5O6. The van der Waals surface area contributed by atoms with E-state index in [0.717, 1.165) is 5.52 Å². The second-order valence-corrected chi connectivity index (χ2v) is 9.07. The van der Waals surface area contributed by atoms with E-state index in [4.69, 9.17) is 9.47 Å². The number of amides is 2.